The van der Waals surface area contributed by atoms with Gasteiger partial charge in [-0.2, -0.15) is 0 Å². The topological polar surface area (TPSA) is 108 Å². The first-order valence-electron chi connectivity index (χ1n) is 14.9. The van der Waals surface area contributed by atoms with Gasteiger partial charge in [0.1, 0.15) is 11.6 Å². The van der Waals surface area contributed by atoms with E-state index >= 15 is 0 Å². The molecule has 8 nitrogen and oxygen atoms in total. The van der Waals surface area contributed by atoms with E-state index in [9.17, 15) is 19.5 Å². The van der Waals surface area contributed by atoms with Crippen LogP contribution in [-0.2, 0) is 25.7 Å². The maximum atomic E-state index is 14.4. The molecule has 0 saturated carbocycles. The molecule has 222 valence electrons. The van der Waals surface area contributed by atoms with Gasteiger partial charge < -0.3 is 25.4 Å². The Morgan fingerprint density at radius 1 is 1.10 bits per heavy atom. The molecule has 0 aromatic heterocycles. The molecule has 3 amide bonds. The van der Waals surface area contributed by atoms with Crippen LogP contribution in [0, 0.1) is 23.2 Å². The molecule has 0 radical (unpaired) electrons. The Labute approximate surface area is 239 Å². The molecule has 8 heteroatoms. The number of rotatable bonds is 10. The van der Waals surface area contributed by atoms with Crippen molar-refractivity contribution in [3.8, 4) is 0 Å². The Morgan fingerprint density at radius 2 is 1.75 bits per heavy atom. The quantitative estimate of drug-likeness (QED) is 0.407. The number of amides is 3. The van der Waals surface area contributed by atoms with E-state index < -0.39 is 40.7 Å². The highest BCUT2D eigenvalue weighted by molar-refractivity contribution is 5.99. The minimum atomic E-state index is -1.12. The summed E-state index contributed by atoms with van der Waals surface area (Å²) in [7, 11) is 0. The zero-order chi connectivity index (χ0) is 29.7. The molecular weight excluding hydrogens is 506 g/mol. The van der Waals surface area contributed by atoms with Crippen molar-refractivity contribution in [2.24, 2.45) is 23.2 Å². The third-order valence-corrected chi connectivity index (χ3v) is 9.21. The van der Waals surface area contributed by atoms with Crippen LogP contribution in [0.1, 0.15) is 86.6 Å². The van der Waals surface area contributed by atoms with Crippen molar-refractivity contribution in [1.29, 1.82) is 0 Å². The fraction of sp³-hybridized carbons (Fsp3) is 0.719. The van der Waals surface area contributed by atoms with E-state index in [2.05, 4.69) is 31.4 Å². The number of hydrogen-bond acceptors (Lipinski definition) is 5. The summed E-state index contributed by atoms with van der Waals surface area (Å²) in [5.74, 6) is -2.35. The summed E-state index contributed by atoms with van der Waals surface area (Å²) >= 11 is 0. The summed E-state index contributed by atoms with van der Waals surface area (Å²) in [5, 5.41) is 16.7. The first-order chi connectivity index (χ1) is 18.6. The second kappa shape index (κ2) is 10.8. The fourth-order valence-electron chi connectivity index (χ4n) is 8.00. The number of likely N-dealkylation sites (tertiary alicyclic amines) is 1. The maximum Gasteiger partial charge on any atom is 0.246 e. The van der Waals surface area contributed by atoms with E-state index in [1.165, 1.54) is 0 Å². The molecule has 40 heavy (non-hydrogen) atoms. The summed E-state index contributed by atoms with van der Waals surface area (Å²) < 4.78 is 6.86. The number of nitrogens with zero attached hydrogens (tertiary/aromatic N) is 1. The van der Waals surface area contributed by atoms with E-state index in [0.29, 0.717) is 25.8 Å². The average Bonchev–Trinajstić information content (AvgIpc) is 3.45. The Balaban J connectivity index is 1.73. The van der Waals surface area contributed by atoms with Crippen LogP contribution in [0.25, 0.3) is 0 Å². The standard InChI is InChI=1S/C32H49N3O5/c1-9-31-15-16-32(40-31)24(23(31)26(37)33-17-21-13-11-10-12-14-21)28(39)35(22(18-36)20(2)3)25(32)27(38)34-30(7,8)19-29(4,5)6/h10-14,20,22-25,36H,9,15-19H2,1-8H3,(H,33,37)(H,34,38)/t22-,23-,24-,25?,31+,32?/m0/s1. The minimum Gasteiger partial charge on any atom is -0.394 e. The number of fused-ring (bicyclic) bond motifs is 1. The van der Waals surface area contributed by atoms with E-state index in [4.69, 9.17) is 4.74 Å². The smallest absolute Gasteiger partial charge is 0.246 e. The lowest BCUT2D eigenvalue weighted by Crippen LogP contribution is -2.62. The third kappa shape index (κ3) is 5.29. The number of aliphatic hydroxyl groups is 1. The van der Waals surface area contributed by atoms with Crippen molar-refractivity contribution in [2.45, 2.75) is 116 Å². The lowest BCUT2D eigenvalue weighted by molar-refractivity contribution is -0.153. The van der Waals surface area contributed by atoms with Crippen LogP contribution in [0.15, 0.2) is 30.3 Å². The SMILES string of the molecule is CC[C@]12CCC3(O1)C(C(=O)NC(C)(C)CC(C)(C)C)N([C@@H](CO)C(C)C)C(=O)[C@@H]3[C@H]2C(=O)NCc1ccccc1. The van der Waals surface area contributed by atoms with Crippen LogP contribution in [0.2, 0.25) is 0 Å². The summed E-state index contributed by atoms with van der Waals surface area (Å²) in [5.41, 5.74) is -1.51. The molecule has 2 unspecified atom stereocenters. The van der Waals surface area contributed by atoms with Crippen LogP contribution in [0.4, 0.5) is 0 Å². The van der Waals surface area contributed by atoms with E-state index in [0.717, 1.165) is 12.0 Å². The van der Waals surface area contributed by atoms with Crippen LogP contribution in [-0.4, -0.2) is 63.2 Å². The number of benzene rings is 1. The predicted molar refractivity (Wildman–Crippen MR) is 154 cm³/mol. The van der Waals surface area contributed by atoms with Gasteiger partial charge in [-0.3, -0.25) is 14.4 Å². The Bertz CT molecular complexity index is 1110. The fourth-order valence-corrected chi connectivity index (χ4v) is 8.00. The predicted octanol–water partition coefficient (Wildman–Crippen LogP) is 3.81. The molecule has 3 saturated heterocycles. The van der Waals surface area contributed by atoms with Gasteiger partial charge in [0, 0.05) is 12.1 Å². The molecule has 4 rings (SSSR count). The molecular formula is C32H49N3O5. The molecule has 3 aliphatic rings. The molecule has 2 bridgehead atoms. The molecule has 3 N–H and O–H groups in total. The van der Waals surface area contributed by atoms with Gasteiger partial charge in [0.05, 0.1) is 30.1 Å². The lowest BCUT2D eigenvalue weighted by atomic mass is 9.65. The highest BCUT2D eigenvalue weighted by Crippen LogP contribution is 2.64. The lowest BCUT2D eigenvalue weighted by Gasteiger charge is -2.41. The number of carbonyl (C=O) groups is 3. The molecule has 3 fully saturated rings. The molecule has 1 spiro atoms. The van der Waals surface area contributed by atoms with E-state index in [-0.39, 0.29) is 35.7 Å². The van der Waals surface area contributed by atoms with Gasteiger partial charge >= 0.3 is 0 Å². The molecule has 1 aromatic carbocycles. The van der Waals surface area contributed by atoms with Crippen LogP contribution in [0.3, 0.4) is 0 Å². The normalized spacial score (nSPS) is 30.5. The second-order valence-electron chi connectivity index (χ2n) is 14.4. The maximum absolute atomic E-state index is 14.4. The van der Waals surface area contributed by atoms with Crippen LogP contribution < -0.4 is 10.6 Å². The Morgan fingerprint density at radius 3 is 2.30 bits per heavy atom. The first-order valence-corrected chi connectivity index (χ1v) is 14.9. The number of hydrogen-bond donors (Lipinski definition) is 3. The summed E-state index contributed by atoms with van der Waals surface area (Å²) in [6, 6.07) is 8.18. The number of aliphatic hydroxyl groups excluding tert-OH is 1. The zero-order valence-electron chi connectivity index (χ0n) is 25.5. The zero-order valence-corrected chi connectivity index (χ0v) is 25.5. The van der Waals surface area contributed by atoms with Crippen molar-refractivity contribution in [1.82, 2.24) is 15.5 Å². The van der Waals surface area contributed by atoms with Gasteiger partial charge in [0.25, 0.3) is 0 Å². The van der Waals surface area contributed by atoms with E-state index in [1.54, 1.807) is 4.90 Å². The third-order valence-electron chi connectivity index (χ3n) is 9.21. The van der Waals surface area contributed by atoms with Crippen LogP contribution in [0.5, 0.6) is 0 Å². The average molecular weight is 556 g/mol. The van der Waals surface area contributed by atoms with Crippen molar-refractivity contribution in [2.75, 3.05) is 6.61 Å². The Hall–Kier alpha value is -2.45. The monoisotopic (exact) mass is 555 g/mol. The molecule has 6 atom stereocenters. The largest absolute Gasteiger partial charge is 0.394 e. The van der Waals surface area contributed by atoms with Crippen molar-refractivity contribution in [3.05, 3.63) is 35.9 Å². The number of nitrogens with one attached hydrogen (secondary N) is 2. The number of ether oxygens (including phenoxy) is 1. The molecule has 0 aliphatic carbocycles. The molecule has 1 aromatic rings. The van der Waals surface area contributed by atoms with Gasteiger partial charge in [0.15, 0.2) is 0 Å². The summed E-state index contributed by atoms with van der Waals surface area (Å²) in [6.45, 7) is 16.3. The Kier molecular flexibility index (Phi) is 8.20. The highest BCUT2D eigenvalue weighted by Gasteiger charge is 2.79. The summed E-state index contributed by atoms with van der Waals surface area (Å²) in [6.07, 6.45) is 2.43. The first kappa shape index (κ1) is 30.5. The summed E-state index contributed by atoms with van der Waals surface area (Å²) in [4.78, 5) is 44.1. The second-order valence-corrected chi connectivity index (χ2v) is 14.4. The molecule has 3 aliphatic heterocycles. The minimum absolute atomic E-state index is 0.0229. The van der Waals surface area contributed by atoms with Gasteiger partial charge in [-0.1, -0.05) is 71.9 Å². The van der Waals surface area contributed by atoms with Gasteiger partial charge in [-0.05, 0) is 56.4 Å². The van der Waals surface area contributed by atoms with Gasteiger partial charge in [-0.25, -0.2) is 0 Å². The van der Waals surface area contributed by atoms with E-state index in [1.807, 2.05) is 65.0 Å². The highest BCUT2D eigenvalue weighted by atomic mass is 16.5. The van der Waals surface area contributed by atoms with Crippen molar-refractivity contribution in [3.63, 3.8) is 0 Å². The van der Waals surface area contributed by atoms with Gasteiger partial charge in [0.2, 0.25) is 17.7 Å². The molecule has 3 heterocycles. The van der Waals surface area contributed by atoms with Crippen molar-refractivity contribution < 1.29 is 24.2 Å². The number of carbonyl (C=O) groups excluding carboxylic acids is 3. The van der Waals surface area contributed by atoms with Crippen molar-refractivity contribution >= 4 is 17.7 Å². The van der Waals surface area contributed by atoms with Gasteiger partial charge in [-0.15, -0.1) is 0 Å². The van der Waals surface area contributed by atoms with Crippen LogP contribution >= 0.6 is 0 Å².